The van der Waals surface area contributed by atoms with E-state index < -0.39 is 18.2 Å². The second-order valence-electron chi connectivity index (χ2n) is 4.12. The van der Waals surface area contributed by atoms with Crippen molar-refractivity contribution in [2.24, 2.45) is 5.73 Å². The number of benzene rings is 2. The topological polar surface area (TPSA) is 35.2 Å². The predicted octanol–water partition coefficient (Wildman–Crippen LogP) is 3.77. The first-order valence-corrected chi connectivity index (χ1v) is 5.72. The minimum atomic E-state index is -4.74. The summed E-state index contributed by atoms with van der Waals surface area (Å²) in [4.78, 5) is 0. The van der Waals surface area contributed by atoms with Crippen LogP contribution in [0.4, 0.5) is 17.6 Å². The van der Waals surface area contributed by atoms with Gasteiger partial charge in [-0.1, -0.05) is 30.3 Å². The maximum atomic E-state index is 13.6. The van der Waals surface area contributed by atoms with Crippen LogP contribution in [-0.4, -0.2) is 6.36 Å². The van der Waals surface area contributed by atoms with E-state index in [1.54, 1.807) is 6.07 Å². The van der Waals surface area contributed by atoms with E-state index in [9.17, 15) is 17.6 Å². The van der Waals surface area contributed by atoms with E-state index >= 15 is 0 Å². The first-order chi connectivity index (χ1) is 9.37. The predicted molar refractivity (Wildman–Crippen MR) is 65.6 cm³/mol. The average molecular weight is 285 g/mol. The van der Waals surface area contributed by atoms with Crippen LogP contribution in [0.15, 0.2) is 48.5 Å². The molecule has 6 heteroatoms. The molecule has 0 saturated heterocycles. The van der Waals surface area contributed by atoms with Gasteiger partial charge in [-0.25, -0.2) is 4.39 Å². The Morgan fingerprint density at radius 3 is 2.10 bits per heavy atom. The second-order valence-corrected chi connectivity index (χ2v) is 4.12. The largest absolute Gasteiger partial charge is 0.573 e. The third kappa shape index (κ3) is 3.48. The summed E-state index contributed by atoms with van der Waals surface area (Å²) in [6.45, 7) is 0. The summed E-state index contributed by atoms with van der Waals surface area (Å²) < 4.78 is 53.4. The zero-order valence-corrected chi connectivity index (χ0v) is 10.2. The lowest BCUT2D eigenvalue weighted by molar-refractivity contribution is -0.274. The van der Waals surface area contributed by atoms with Crippen LogP contribution in [0.25, 0.3) is 0 Å². The van der Waals surface area contributed by atoms with E-state index in [2.05, 4.69) is 4.74 Å². The van der Waals surface area contributed by atoms with Gasteiger partial charge in [-0.2, -0.15) is 0 Å². The van der Waals surface area contributed by atoms with Crippen molar-refractivity contribution in [3.63, 3.8) is 0 Å². The van der Waals surface area contributed by atoms with Crippen LogP contribution in [-0.2, 0) is 0 Å². The summed E-state index contributed by atoms with van der Waals surface area (Å²) in [7, 11) is 0. The van der Waals surface area contributed by atoms with E-state index in [-0.39, 0.29) is 11.3 Å². The number of rotatable bonds is 3. The number of alkyl halides is 3. The molecule has 2 nitrogen and oxygen atoms in total. The molecule has 1 atom stereocenters. The van der Waals surface area contributed by atoms with E-state index in [4.69, 9.17) is 5.73 Å². The molecule has 20 heavy (non-hydrogen) atoms. The molecule has 2 rings (SSSR count). The molecular formula is C14H11F4NO. The fourth-order valence-corrected chi connectivity index (χ4v) is 1.78. The van der Waals surface area contributed by atoms with Gasteiger partial charge >= 0.3 is 6.36 Å². The lowest BCUT2D eigenvalue weighted by Gasteiger charge is -2.14. The normalized spacial score (nSPS) is 13.1. The van der Waals surface area contributed by atoms with Gasteiger partial charge in [-0.15, -0.1) is 13.2 Å². The highest BCUT2D eigenvalue weighted by Crippen LogP contribution is 2.26. The van der Waals surface area contributed by atoms with Gasteiger partial charge in [-0.05, 0) is 23.8 Å². The quantitative estimate of drug-likeness (QED) is 0.871. The van der Waals surface area contributed by atoms with Gasteiger partial charge in [0.05, 0.1) is 6.04 Å². The van der Waals surface area contributed by atoms with Gasteiger partial charge in [-0.3, -0.25) is 0 Å². The molecule has 1 unspecified atom stereocenters. The molecule has 0 bridgehead atoms. The van der Waals surface area contributed by atoms with Crippen LogP contribution in [0.3, 0.4) is 0 Å². The van der Waals surface area contributed by atoms with Crippen molar-refractivity contribution in [1.29, 1.82) is 0 Å². The molecule has 0 aliphatic rings. The second kappa shape index (κ2) is 5.50. The summed E-state index contributed by atoms with van der Waals surface area (Å²) in [6.07, 6.45) is -4.74. The van der Waals surface area contributed by atoms with Gasteiger partial charge in [0.25, 0.3) is 0 Å². The van der Waals surface area contributed by atoms with Crippen LogP contribution >= 0.6 is 0 Å². The molecule has 0 spiro atoms. The Bertz CT molecular complexity index is 580. The number of halogens is 4. The summed E-state index contributed by atoms with van der Waals surface area (Å²) in [5.41, 5.74) is 6.66. The molecule has 0 heterocycles. The molecule has 0 aliphatic heterocycles. The first kappa shape index (κ1) is 14.3. The highest BCUT2D eigenvalue weighted by Gasteiger charge is 2.31. The molecule has 0 fully saturated rings. The van der Waals surface area contributed by atoms with Gasteiger partial charge < -0.3 is 10.5 Å². The van der Waals surface area contributed by atoms with Crippen molar-refractivity contribution in [2.75, 3.05) is 0 Å². The number of ether oxygens (including phenoxy) is 1. The van der Waals surface area contributed by atoms with E-state index in [0.717, 1.165) is 12.1 Å². The van der Waals surface area contributed by atoms with E-state index in [0.29, 0.717) is 5.56 Å². The first-order valence-electron chi connectivity index (χ1n) is 5.72. The number of hydrogen-bond acceptors (Lipinski definition) is 2. The molecule has 106 valence electrons. The number of nitrogens with two attached hydrogens (primary N) is 1. The van der Waals surface area contributed by atoms with Crippen molar-refractivity contribution in [3.8, 4) is 5.75 Å². The van der Waals surface area contributed by atoms with Gasteiger partial charge in [0.1, 0.15) is 11.6 Å². The minimum Gasteiger partial charge on any atom is -0.406 e. The van der Waals surface area contributed by atoms with Crippen molar-refractivity contribution in [3.05, 3.63) is 65.5 Å². The van der Waals surface area contributed by atoms with Crippen molar-refractivity contribution in [1.82, 2.24) is 0 Å². The molecule has 0 aromatic heterocycles. The Morgan fingerprint density at radius 1 is 0.950 bits per heavy atom. The van der Waals surface area contributed by atoms with Crippen molar-refractivity contribution in [2.45, 2.75) is 12.4 Å². The Morgan fingerprint density at radius 2 is 1.55 bits per heavy atom. The molecular weight excluding hydrogens is 274 g/mol. The highest BCUT2D eigenvalue weighted by molar-refractivity contribution is 5.35. The Hall–Kier alpha value is -2.08. The van der Waals surface area contributed by atoms with E-state index in [1.807, 2.05) is 0 Å². The maximum Gasteiger partial charge on any atom is 0.573 e. The van der Waals surface area contributed by atoms with Crippen LogP contribution in [0.2, 0.25) is 0 Å². The Kier molecular flexibility index (Phi) is 3.94. The fraction of sp³-hybridized carbons (Fsp3) is 0.143. The average Bonchev–Trinajstić information content (AvgIpc) is 2.37. The van der Waals surface area contributed by atoms with Crippen LogP contribution in [0.1, 0.15) is 17.2 Å². The molecule has 0 radical (unpaired) electrons. The molecule has 2 aromatic carbocycles. The highest BCUT2D eigenvalue weighted by atomic mass is 19.4. The standard InChI is InChI=1S/C14H11F4NO/c15-12-4-2-1-3-11(12)13(19)9-5-7-10(8-6-9)20-14(16,17)18/h1-8,13H,19H2. The SMILES string of the molecule is NC(c1ccc(OC(F)(F)F)cc1)c1ccccc1F. The summed E-state index contributed by atoms with van der Waals surface area (Å²) in [5, 5.41) is 0. The zero-order valence-electron chi connectivity index (χ0n) is 10.2. The zero-order chi connectivity index (χ0) is 14.8. The van der Waals surface area contributed by atoms with Gasteiger partial charge in [0, 0.05) is 5.56 Å². The molecule has 0 amide bonds. The van der Waals surface area contributed by atoms with Crippen molar-refractivity contribution >= 4 is 0 Å². The lowest BCUT2D eigenvalue weighted by atomic mass is 9.99. The molecule has 2 aromatic rings. The van der Waals surface area contributed by atoms with Crippen LogP contribution in [0.5, 0.6) is 5.75 Å². The Labute approximate surface area is 112 Å². The monoisotopic (exact) mass is 285 g/mol. The van der Waals surface area contributed by atoms with Crippen molar-refractivity contribution < 1.29 is 22.3 Å². The molecule has 0 aliphatic carbocycles. The summed E-state index contributed by atoms with van der Waals surface area (Å²) >= 11 is 0. The third-order valence-corrected chi connectivity index (χ3v) is 2.71. The number of hydrogen-bond donors (Lipinski definition) is 1. The van der Waals surface area contributed by atoms with Gasteiger partial charge in [0.2, 0.25) is 0 Å². The van der Waals surface area contributed by atoms with Gasteiger partial charge in [0.15, 0.2) is 0 Å². The third-order valence-electron chi connectivity index (χ3n) is 2.71. The minimum absolute atomic E-state index is 0.275. The summed E-state index contributed by atoms with van der Waals surface area (Å²) in [5.74, 6) is -0.808. The van der Waals surface area contributed by atoms with Crippen LogP contribution < -0.4 is 10.5 Å². The fourth-order valence-electron chi connectivity index (χ4n) is 1.78. The smallest absolute Gasteiger partial charge is 0.406 e. The Balaban J connectivity index is 2.20. The summed E-state index contributed by atoms with van der Waals surface area (Å²) in [6, 6.07) is 10.3. The lowest BCUT2D eigenvalue weighted by Crippen LogP contribution is -2.17. The molecule has 0 saturated carbocycles. The van der Waals surface area contributed by atoms with E-state index in [1.165, 1.54) is 30.3 Å². The molecule has 2 N–H and O–H groups in total. The van der Waals surface area contributed by atoms with Crippen LogP contribution in [0, 0.1) is 5.82 Å². The maximum absolute atomic E-state index is 13.6.